The third-order valence-electron chi connectivity index (χ3n) is 6.41. The number of hydrogen-bond donors (Lipinski definition) is 4. The van der Waals surface area contributed by atoms with Gasteiger partial charge < -0.3 is 25.5 Å². The van der Waals surface area contributed by atoms with E-state index in [2.05, 4.69) is 21.7 Å². The zero-order valence-corrected chi connectivity index (χ0v) is 18.9. The Kier molecular flexibility index (Phi) is 6.65. The molecule has 8 nitrogen and oxygen atoms in total. The van der Waals surface area contributed by atoms with Gasteiger partial charge in [0, 0.05) is 23.4 Å². The zero-order valence-electron chi connectivity index (χ0n) is 18.9. The Hall–Kier alpha value is -3.39. The molecular weight excluding hydrogens is 422 g/mol. The van der Waals surface area contributed by atoms with Gasteiger partial charge in [0.2, 0.25) is 0 Å². The van der Waals surface area contributed by atoms with Gasteiger partial charge in [-0.2, -0.15) is 0 Å². The third kappa shape index (κ3) is 4.57. The molecule has 1 amide bonds. The van der Waals surface area contributed by atoms with Crippen LogP contribution in [0.1, 0.15) is 70.5 Å². The Morgan fingerprint density at radius 2 is 2.00 bits per heavy atom. The number of aromatic amines is 1. The van der Waals surface area contributed by atoms with E-state index in [0.29, 0.717) is 28.3 Å². The van der Waals surface area contributed by atoms with Crippen molar-refractivity contribution in [3.05, 3.63) is 51.8 Å². The van der Waals surface area contributed by atoms with Gasteiger partial charge in [-0.05, 0) is 81.0 Å². The van der Waals surface area contributed by atoms with E-state index in [1.807, 2.05) is 12.1 Å². The van der Waals surface area contributed by atoms with Crippen LogP contribution in [-0.2, 0) is 20.7 Å². The highest BCUT2D eigenvalue weighted by Gasteiger charge is 2.31. The van der Waals surface area contributed by atoms with Crippen molar-refractivity contribution in [2.75, 3.05) is 25.0 Å². The minimum atomic E-state index is -0.927. The van der Waals surface area contributed by atoms with Gasteiger partial charge in [0.05, 0.1) is 12.2 Å². The number of carboxylic acid groups (broad SMARTS) is 1. The van der Waals surface area contributed by atoms with Crippen molar-refractivity contribution < 1.29 is 24.2 Å². The lowest BCUT2D eigenvalue weighted by Crippen LogP contribution is -2.27. The van der Waals surface area contributed by atoms with Crippen molar-refractivity contribution in [2.24, 2.45) is 0 Å². The van der Waals surface area contributed by atoms with E-state index in [-0.39, 0.29) is 31.0 Å². The second-order valence-corrected chi connectivity index (χ2v) is 8.44. The highest BCUT2D eigenvalue weighted by Crippen LogP contribution is 2.41. The molecule has 0 spiro atoms. The molecule has 174 valence electrons. The molecule has 0 radical (unpaired) electrons. The minimum absolute atomic E-state index is 0.0831. The molecule has 0 atom stereocenters. The largest absolute Gasteiger partial charge is 0.481 e. The third-order valence-corrected chi connectivity index (χ3v) is 6.41. The molecule has 4 rings (SSSR count). The Bertz CT molecular complexity index is 1130. The lowest BCUT2D eigenvalue weighted by Gasteiger charge is -2.25. The molecule has 3 heterocycles. The smallest absolute Gasteiger partial charge is 0.355 e. The predicted octanol–water partition coefficient (Wildman–Crippen LogP) is 3.48. The summed E-state index contributed by atoms with van der Waals surface area (Å²) < 4.78 is 5.16. The number of carbonyl (C=O) groups excluding carboxylic acids is 2. The summed E-state index contributed by atoms with van der Waals surface area (Å²) in [5.41, 5.74) is 5.53. The fourth-order valence-corrected chi connectivity index (χ4v) is 4.77. The first kappa shape index (κ1) is 22.8. The van der Waals surface area contributed by atoms with Gasteiger partial charge in [-0.1, -0.05) is 12.1 Å². The fourth-order valence-electron chi connectivity index (χ4n) is 4.77. The number of piperidine rings is 1. The SMILES string of the molecule is CCOC(=O)c1[nH]c(C=C2C(=O)Nc3cccc(C4CCNCC4)c32)c(CCC(=O)O)c1C. The van der Waals surface area contributed by atoms with Crippen molar-refractivity contribution >= 4 is 35.2 Å². The fraction of sp³-hybridized carbons (Fsp3) is 0.400. The summed E-state index contributed by atoms with van der Waals surface area (Å²) in [5.74, 6) is -1.28. The number of nitrogens with one attached hydrogen (secondary N) is 3. The number of amides is 1. The van der Waals surface area contributed by atoms with E-state index in [1.54, 1.807) is 19.9 Å². The quantitative estimate of drug-likeness (QED) is 0.378. The van der Waals surface area contributed by atoms with Gasteiger partial charge >= 0.3 is 11.9 Å². The van der Waals surface area contributed by atoms with Crippen LogP contribution in [0.5, 0.6) is 0 Å². The Labute approximate surface area is 192 Å². The van der Waals surface area contributed by atoms with E-state index < -0.39 is 11.9 Å². The number of aliphatic carboxylic acids is 1. The van der Waals surface area contributed by atoms with Crippen LogP contribution in [-0.4, -0.2) is 47.6 Å². The van der Waals surface area contributed by atoms with Crippen molar-refractivity contribution in [3.8, 4) is 0 Å². The van der Waals surface area contributed by atoms with Gasteiger partial charge in [0.15, 0.2) is 0 Å². The van der Waals surface area contributed by atoms with Gasteiger partial charge in [0.25, 0.3) is 5.91 Å². The van der Waals surface area contributed by atoms with Crippen LogP contribution in [0.15, 0.2) is 18.2 Å². The predicted molar refractivity (Wildman–Crippen MR) is 125 cm³/mol. The average molecular weight is 452 g/mol. The molecular formula is C25H29N3O5. The maximum atomic E-state index is 13.0. The Balaban J connectivity index is 1.81. The molecule has 8 heteroatoms. The maximum Gasteiger partial charge on any atom is 0.355 e. The number of benzene rings is 1. The lowest BCUT2D eigenvalue weighted by atomic mass is 9.85. The van der Waals surface area contributed by atoms with Crippen LogP contribution in [0.2, 0.25) is 0 Å². The molecule has 1 saturated heterocycles. The van der Waals surface area contributed by atoms with Crippen molar-refractivity contribution in [2.45, 2.75) is 45.4 Å². The molecule has 4 N–H and O–H groups in total. The summed E-state index contributed by atoms with van der Waals surface area (Å²) in [5, 5.41) is 15.5. The number of esters is 1. The number of ether oxygens (including phenoxy) is 1. The van der Waals surface area contributed by atoms with Gasteiger partial charge in [-0.15, -0.1) is 0 Å². The molecule has 0 unspecified atom stereocenters. The summed E-state index contributed by atoms with van der Waals surface area (Å²) in [7, 11) is 0. The molecule has 33 heavy (non-hydrogen) atoms. The van der Waals surface area contributed by atoms with Crippen molar-refractivity contribution in [3.63, 3.8) is 0 Å². The molecule has 0 aliphatic carbocycles. The summed E-state index contributed by atoms with van der Waals surface area (Å²) in [6.45, 7) is 5.60. The highest BCUT2D eigenvalue weighted by molar-refractivity contribution is 6.35. The maximum absolute atomic E-state index is 13.0. The zero-order chi connectivity index (χ0) is 23.5. The molecule has 0 saturated carbocycles. The van der Waals surface area contributed by atoms with Crippen LogP contribution < -0.4 is 10.6 Å². The topological polar surface area (TPSA) is 121 Å². The highest BCUT2D eigenvalue weighted by atomic mass is 16.5. The van der Waals surface area contributed by atoms with Crippen molar-refractivity contribution in [1.29, 1.82) is 0 Å². The van der Waals surface area contributed by atoms with E-state index in [4.69, 9.17) is 4.74 Å². The van der Waals surface area contributed by atoms with Gasteiger partial charge in [-0.25, -0.2) is 4.79 Å². The molecule has 1 fully saturated rings. The summed E-state index contributed by atoms with van der Waals surface area (Å²) >= 11 is 0. The molecule has 2 aromatic rings. The number of carbonyl (C=O) groups is 3. The van der Waals surface area contributed by atoms with Crippen LogP contribution in [0.25, 0.3) is 11.6 Å². The monoisotopic (exact) mass is 451 g/mol. The van der Waals surface area contributed by atoms with Crippen molar-refractivity contribution in [1.82, 2.24) is 10.3 Å². The summed E-state index contributed by atoms with van der Waals surface area (Å²) in [6, 6.07) is 5.95. The van der Waals surface area contributed by atoms with Gasteiger partial charge in [-0.3, -0.25) is 9.59 Å². The molecule has 1 aromatic heterocycles. The number of rotatable bonds is 7. The minimum Gasteiger partial charge on any atom is -0.481 e. The number of H-pyrrole nitrogens is 1. The Morgan fingerprint density at radius 3 is 2.70 bits per heavy atom. The van der Waals surface area contributed by atoms with E-state index in [9.17, 15) is 19.5 Å². The van der Waals surface area contributed by atoms with E-state index in [0.717, 1.165) is 42.7 Å². The van der Waals surface area contributed by atoms with Gasteiger partial charge in [0.1, 0.15) is 5.69 Å². The normalized spacial score (nSPS) is 17.2. The molecule has 0 bridgehead atoms. The number of fused-ring (bicyclic) bond motifs is 1. The number of carboxylic acids is 1. The number of aromatic nitrogens is 1. The van der Waals surface area contributed by atoms with Crippen LogP contribution in [0.4, 0.5) is 5.69 Å². The Morgan fingerprint density at radius 1 is 1.24 bits per heavy atom. The first-order chi connectivity index (χ1) is 15.9. The summed E-state index contributed by atoms with van der Waals surface area (Å²) in [6.07, 6.45) is 3.90. The first-order valence-electron chi connectivity index (χ1n) is 11.4. The second-order valence-electron chi connectivity index (χ2n) is 8.44. The number of anilines is 1. The van der Waals surface area contributed by atoms with E-state index in [1.165, 1.54) is 0 Å². The van der Waals surface area contributed by atoms with Crippen LogP contribution in [0, 0.1) is 6.92 Å². The molecule has 1 aromatic carbocycles. The summed E-state index contributed by atoms with van der Waals surface area (Å²) in [4.78, 5) is 39.8. The number of hydrogen-bond acceptors (Lipinski definition) is 5. The molecule has 2 aliphatic rings. The lowest BCUT2D eigenvalue weighted by molar-refractivity contribution is -0.137. The van der Waals surface area contributed by atoms with E-state index >= 15 is 0 Å². The average Bonchev–Trinajstić information content (AvgIpc) is 3.29. The second kappa shape index (κ2) is 9.62. The molecule has 2 aliphatic heterocycles. The standard InChI is InChI=1S/C25H29N3O5/c1-3-33-25(32)23-14(2)16(7-8-21(29)30)20(27-23)13-18-22-17(15-9-11-26-12-10-15)5-4-6-19(22)28-24(18)31/h4-6,13,15,26-27H,3,7-12H2,1-2H3,(H,28,31)(H,29,30). The van der Waals surface area contributed by atoms with Crippen LogP contribution >= 0.6 is 0 Å². The first-order valence-corrected chi connectivity index (χ1v) is 11.4. The van der Waals surface area contributed by atoms with Crippen LogP contribution in [0.3, 0.4) is 0 Å².